The summed E-state index contributed by atoms with van der Waals surface area (Å²) < 4.78 is 39.5. The molecule has 13 nitrogen and oxygen atoms in total. The molecule has 57 heavy (non-hydrogen) atoms. The summed E-state index contributed by atoms with van der Waals surface area (Å²) in [5, 5.41) is 63.3. The van der Waals surface area contributed by atoms with Crippen molar-refractivity contribution in [3.63, 3.8) is 0 Å². The van der Waals surface area contributed by atoms with Crippen molar-refractivity contribution in [2.45, 2.75) is 144 Å². The molecule has 0 radical (unpaired) electrons. The van der Waals surface area contributed by atoms with Crippen LogP contribution in [0.2, 0.25) is 0 Å². The highest BCUT2D eigenvalue weighted by atomic mass is 16.9. The van der Waals surface area contributed by atoms with E-state index in [0.29, 0.717) is 18.4 Å². The van der Waals surface area contributed by atoms with Crippen LogP contribution in [-0.4, -0.2) is 109 Å². The summed E-state index contributed by atoms with van der Waals surface area (Å²) in [6, 6.07) is 9.04. The first kappa shape index (κ1) is 39.7. The summed E-state index contributed by atoms with van der Waals surface area (Å²) in [6.45, 7) is 10.6. The van der Waals surface area contributed by atoms with Gasteiger partial charge in [0.15, 0.2) is 0 Å². The summed E-state index contributed by atoms with van der Waals surface area (Å²) in [6.07, 6.45) is 1.15. The van der Waals surface area contributed by atoms with E-state index in [0.717, 1.165) is 0 Å². The maximum absolute atomic E-state index is 13.7. The Kier molecular flexibility index (Phi) is 9.16. The molecule has 8 fully saturated rings. The third-order valence-electron chi connectivity index (χ3n) is 15.8. The van der Waals surface area contributed by atoms with E-state index in [9.17, 15) is 35.1 Å². The van der Waals surface area contributed by atoms with Crippen molar-refractivity contribution >= 4 is 11.9 Å². The van der Waals surface area contributed by atoms with Crippen LogP contribution in [0.3, 0.4) is 0 Å². The highest BCUT2D eigenvalue weighted by molar-refractivity contribution is 5.82. The van der Waals surface area contributed by atoms with E-state index in [2.05, 4.69) is 6.92 Å². The molecule has 312 valence electrons. The molecule has 0 unspecified atom stereocenters. The number of ether oxygens (including phenoxy) is 6. The van der Waals surface area contributed by atoms with E-state index in [-0.39, 0.29) is 48.9 Å². The van der Waals surface area contributed by atoms with Crippen LogP contribution in [0.15, 0.2) is 54.6 Å². The van der Waals surface area contributed by atoms with Gasteiger partial charge in [-0.05, 0) is 62.4 Å². The minimum Gasteiger partial charge on any atom is -0.458 e. The fourth-order valence-corrected chi connectivity index (χ4v) is 13.0. The zero-order valence-corrected chi connectivity index (χ0v) is 33.5. The van der Waals surface area contributed by atoms with Crippen molar-refractivity contribution in [3.05, 3.63) is 60.2 Å². The number of fused-ring (bicyclic) bond motifs is 3. The second-order valence-electron chi connectivity index (χ2n) is 19.3. The van der Waals surface area contributed by atoms with Gasteiger partial charge < -0.3 is 54.0 Å². The van der Waals surface area contributed by atoms with Crippen LogP contribution in [0.4, 0.5) is 0 Å². The molecule has 5 N–H and O–H groups in total. The molecule has 10 bridgehead atoms. The molecule has 19 atom stereocenters. The van der Waals surface area contributed by atoms with E-state index >= 15 is 0 Å². The highest BCUT2D eigenvalue weighted by Gasteiger charge is 2.91. The predicted molar refractivity (Wildman–Crippen MR) is 200 cm³/mol. The lowest BCUT2D eigenvalue weighted by Gasteiger charge is -2.74. The Labute approximate surface area is 333 Å². The Hall–Kier alpha value is -2.72. The summed E-state index contributed by atoms with van der Waals surface area (Å²) in [4.78, 5) is 26.7. The summed E-state index contributed by atoms with van der Waals surface area (Å²) in [5.74, 6) is -6.33. The lowest BCUT2D eigenvalue weighted by molar-refractivity contribution is -0.595. The van der Waals surface area contributed by atoms with Crippen LogP contribution in [0.1, 0.15) is 79.2 Å². The van der Waals surface area contributed by atoms with E-state index in [1.54, 1.807) is 31.2 Å². The van der Waals surface area contributed by atoms with E-state index in [4.69, 9.17) is 28.4 Å². The van der Waals surface area contributed by atoms with Crippen molar-refractivity contribution in [1.82, 2.24) is 0 Å². The molecule has 0 aromatic heterocycles. The van der Waals surface area contributed by atoms with Crippen LogP contribution in [-0.2, 0) is 44.0 Å². The number of carbonyl (C=O) groups excluding carboxylic acids is 2. The average molecular weight is 795 g/mol. The fourth-order valence-electron chi connectivity index (χ4n) is 13.0. The van der Waals surface area contributed by atoms with Crippen molar-refractivity contribution in [3.8, 4) is 0 Å². The lowest BCUT2D eigenvalue weighted by Crippen LogP contribution is -2.89. The second kappa shape index (κ2) is 13.1. The van der Waals surface area contributed by atoms with Crippen LogP contribution < -0.4 is 0 Å². The molecule has 1 aromatic rings. The van der Waals surface area contributed by atoms with E-state index < -0.39 is 107 Å². The van der Waals surface area contributed by atoms with Gasteiger partial charge in [-0.25, -0.2) is 4.79 Å². The Bertz CT molecular complexity index is 1830. The molecule has 1 spiro atoms. The maximum Gasteiger partial charge on any atom is 0.331 e. The Morgan fingerprint density at radius 1 is 0.965 bits per heavy atom. The Morgan fingerprint density at radius 3 is 2.39 bits per heavy atom. The number of hydrogen-bond acceptors (Lipinski definition) is 13. The lowest BCUT2D eigenvalue weighted by atomic mass is 9.49. The van der Waals surface area contributed by atoms with Crippen LogP contribution in [0, 0.1) is 47.3 Å². The molecule has 13 heteroatoms. The van der Waals surface area contributed by atoms with Gasteiger partial charge in [0, 0.05) is 41.7 Å². The number of benzene rings is 1. The zero-order chi connectivity index (χ0) is 40.7. The van der Waals surface area contributed by atoms with Gasteiger partial charge in [0.1, 0.15) is 53.4 Å². The van der Waals surface area contributed by atoms with Crippen LogP contribution >= 0.6 is 0 Å². The standard InChI is InChI=1S/C44H58O13/c1-22(2)18-32(47)52-29-14-10-11-15-31(46)53-34-23(3)19-30-41(34,50)38(48)40(21-45)36(54-40)33-37-43(51,39(6,49)20-26-16-17-28(29)24(26)4)35-25(5)42(30,33)57-44(55-35,56-37)27-12-8-7-9-13-27/h7-15,22-26,28-30,33-38,45,48-51H,16-21H2,1-6H3/b14-10-,15-11-/t23-,24-,25+,26+,28-,29-,30+,33-,34-,35+,36-,37+,38+,39+,40-,41+,42-,43-,44-/m0/s1. The molecule has 4 aliphatic carbocycles. The number of allylic oxidation sites excluding steroid dienone is 2. The molecule has 1 aromatic carbocycles. The van der Waals surface area contributed by atoms with Crippen LogP contribution in [0.25, 0.3) is 0 Å². The van der Waals surface area contributed by atoms with E-state index in [1.165, 1.54) is 12.2 Å². The molecule has 0 amide bonds. The number of aliphatic hydroxyl groups excluding tert-OH is 2. The number of aliphatic hydroxyl groups is 5. The summed E-state index contributed by atoms with van der Waals surface area (Å²) in [7, 11) is 0. The van der Waals surface area contributed by atoms with Gasteiger partial charge in [0.25, 0.3) is 0 Å². The number of hydrogen-bond donors (Lipinski definition) is 5. The van der Waals surface area contributed by atoms with Gasteiger partial charge in [-0.15, -0.1) is 0 Å². The predicted octanol–water partition coefficient (Wildman–Crippen LogP) is 3.04. The normalized spacial score (nSPS) is 54.4. The number of esters is 2. The first-order chi connectivity index (χ1) is 26.9. The molecule has 5 aliphatic heterocycles. The van der Waals surface area contributed by atoms with Gasteiger partial charge in [-0.2, -0.15) is 0 Å². The van der Waals surface area contributed by atoms with Gasteiger partial charge in [-0.1, -0.05) is 77.1 Å². The quantitative estimate of drug-likeness (QED) is 0.216. The Morgan fingerprint density at radius 2 is 1.68 bits per heavy atom. The van der Waals surface area contributed by atoms with Gasteiger partial charge >= 0.3 is 17.9 Å². The number of rotatable bonds is 5. The molecule has 10 rings (SSSR count). The van der Waals surface area contributed by atoms with E-state index in [1.807, 2.05) is 45.9 Å². The number of epoxide rings is 1. The monoisotopic (exact) mass is 794 g/mol. The SMILES string of the molecule is CC(C)CC(=O)O[C@H]1/C=C\C=C/C(=O)O[C@H]2[C@@H](C)C[C@@H]3[C@]2(O)[C@H](O)[C@@]2(CO)O[C@H]2[C@H]2[C@H]4O[C@]5(c6ccccc6)O[C@H]([C@@H](C)[C@@]23O5)[C@@]4(O)[C@](C)(O)C[C@H]2CC[C@H]1[C@H]2C. The first-order valence-electron chi connectivity index (χ1n) is 20.9. The topological polar surface area (TPSA) is 194 Å². The second-order valence-corrected chi connectivity index (χ2v) is 19.3. The number of carbonyl (C=O) groups is 2. The largest absolute Gasteiger partial charge is 0.458 e. The fraction of sp³-hybridized carbons (Fsp3) is 0.727. The highest BCUT2D eigenvalue weighted by Crippen LogP contribution is 2.75. The molecule has 5 heterocycles. The third-order valence-corrected chi connectivity index (χ3v) is 15.8. The van der Waals surface area contributed by atoms with Crippen LogP contribution in [0.5, 0.6) is 0 Å². The van der Waals surface area contributed by atoms with Gasteiger partial charge in [0.2, 0.25) is 0 Å². The van der Waals surface area contributed by atoms with Crippen molar-refractivity contribution in [1.29, 1.82) is 0 Å². The first-order valence-corrected chi connectivity index (χ1v) is 20.9. The molecular weight excluding hydrogens is 736 g/mol. The molecule has 9 aliphatic rings. The summed E-state index contributed by atoms with van der Waals surface area (Å²) >= 11 is 0. The van der Waals surface area contributed by atoms with Crippen molar-refractivity contribution in [2.24, 2.45) is 47.3 Å². The minimum atomic E-state index is -2.21. The average Bonchev–Trinajstić information content (AvgIpc) is 3.72. The zero-order valence-electron chi connectivity index (χ0n) is 33.5. The van der Waals surface area contributed by atoms with Crippen molar-refractivity contribution < 1.29 is 63.5 Å². The van der Waals surface area contributed by atoms with Gasteiger partial charge in [0.05, 0.1) is 17.8 Å². The summed E-state index contributed by atoms with van der Waals surface area (Å²) in [5.41, 5.74) is -8.82. The minimum absolute atomic E-state index is 0.0620. The molecule has 4 saturated carbocycles. The smallest absolute Gasteiger partial charge is 0.331 e. The van der Waals surface area contributed by atoms with Crippen molar-refractivity contribution in [2.75, 3.05) is 6.61 Å². The maximum atomic E-state index is 13.7. The third kappa shape index (κ3) is 5.26. The molecular formula is C44H58O13. The van der Waals surface area contributed by atoms with Gasteiger partial charge in [-0.3, -0.25) is 4.79 Å². The Balaban J connectivity index is 1.22. The molecule has 4 saturated heterocycles.